The van der Waals surface area contributed by atoms with Crippen molar-refractivity contribution in [2.24, 2.45) is 5.92 Å². The maximum absolute atomic E-state index is 13.0. The lowest BCUT2D eigenvalue weighted by molar-refractivity contribution is -0.897. The number of carbonyl (C=O) groups is 2. The lowest BCUT2D eigenvalue weighted by Crippen LogP contribution is -3.14. The second kappa shape index (κ2) is 7.94. The standard InChI is InChI=1S/C20H22N2O3/c23-19(15-21-13-11-16(12-14-21)20(24)25)22(17-7-3-1-4-8-17)18-9-5-2-6-10-18/h1-10,16H,11-15H2,(H,24,25). The number of nitrogens with one attached hydrogen (secondary N) is 1. The van der Waals surface area contributed by atoms with E-state index in [1.807, 2.05) is 60.7 Å². The van der Waals surface area contributed by atoms with Gasteiger partial charge in [0.1, 0.15) is 0 Å². The Kier molecular flexibility index (Phi) is 5.46. The molecule has 1 aliphatic heterocycles. The second-order valence-corrected chi connectivity index (χ2v) is 6.42. The molecule has 5 heteroatoms. The van der Waals surface area contributed by atoms with Crippen LogP contribution in [0.1, 0.15) is 12.8 Å². The number of amides is 1. The minimum Gasteiger partial charge on any atom is -0.550 e. The molecule has 1 heterocycles. The zero-order valence-corrected chi connectivity index (χ0v) is 14.1. The molecular weight excluding hydrogens is 316 g/mol. The van der Waals surface area contributed by atoms with Crippen LogP contribution < -0.4 is 14.9 Å². The van der Waals surface area contributed by atoms with Gasteiger partial charge >= 0.3 is 0 Å². The van der Waals surface area contributed by atoms with Crippen LogP contribution in [-0.4, -0.2) is 31.5 Å². The molecule has 1 N–H and O–H groups in total. The van der Waals surface area contributed by atoms with E-state index >= 15 is 0 Å². The Labute approximate surface area is 147 Å². The maximum Gasteiger partial charge on any atom is 0.286 e. The highest BCUT2D eigenvalue weighted by molar-refractivity contribution is 6.01. The van der Waals surface area contributed by atoms with Crippen molar-refractivity contribution in [3.8, 4) is 0 Å². The summed E-state index contributed by atoms with van der Waals surface area (Å²) < 4.78 is 0. The molecule has 0 aliphatic carbocycles. The van der Waals surface area contributed by atoms with Crippen molar-refractivity contribution in [2.75, 3.05) is 24.5 Å². The number of rotatable bonds is 5. The molecule has 0 unspecified atom stereocenters. The molecule has 0 aromatic heterocycles. The first-order valence-electron chi connectivity index (χ1n) is 8.62. The molecule has 0 radical (unpaired) electrons. The zero-order valence-electron chi connectivity index (χ0n) is 14.1. The van der Waals surface area contributed by atoms with Gasteiger partial charge in [-0.3, -0.25) is 9.69 Å². The summed E-state index contributed by atoms with van der Waals surface area (Å²) in [5, 5.41) is 11.0. The number of likely N-dealkylation sites (tertiary alicyclic amines) is 1. The van der Waals surface area contributed by atoms with Crippen molar-refractivity contribution >= 4 is 23.3 Å². The topological polar surface area (TPSA) is 64.9 Å². The third-order valence-corrected chi connectivity index (χ3v) is 4.71. The SMILES string of the molecule is O=C([O-])C1CC[NH+](CC(=O)N(c2ccccc2)c2ccccc2)CC1. The number of quaternary nitrogens is 1. The molecule has 2 aromatic rings. The number of benzene rings is 2. The molecule has 5 nitrogen and oxygen atoms in total. The maximum atomic E-state index is 13.0. The van der Waals surface area contributed by atoms with Crippen molar-refractivity contribution in [2.45, 2.75) is 12.8 Å². The number of hydrogen-bond acceptors (Lipinski definition) is 3. The summed E-state index contributed by atoms with van der Waals surface area (Å²) in [6.45, 7) is 1.72. The van der Waals surface area contributed by atoms with Crippen molar-refractivity contribution in [1.29, 1.82) is 0 Å². The summed E-state index contributed by atoms with van der Waals surface area (Å²) in [6.07, 6.45) is 1.14. The predicted molar refractivity (Wildman–Crippen MR) is 93.3 cm³/mol. The van der Waals surface area contributed by atoms with Crippen LogP contribution in [0.15, 0.2) is 60.7 Å². The Morgan fingerprint density at radius 2 is 1.40 bits per heavy atom. The van der Waals surface area contributed by atoms with E-state index in [4.69, 9.17) is 0 Å². The summed E-state index contributed by atoms with van der Waals surface area (Å²) >= 11 is 0. The summed E-state index contributed by atoms with van der Waals surface area (Å²) in [4.78, 5) is 26.8. The molecule has 1 amide bonds. The molecule has 25 heavy (non-hydrogen) atoms. The number of anilines is 2. The van der Waals surface area contributed by atoms with Crippen LogP contribution in [0.2, 0.25) is 0 Å². The summed E-state index contributed by atoms with van der Waals surface area (Å²) in [5.74, 6) is -1.34. The summed E-state index contributed by atoms with van der Waals surface area (Å²) in [7, 11) is 0. The Morgan fingerprint density at radius 3 is 1.84 bits per heavy atom. The van der Waals surface area contributed by atoms with Crippen molar-refractivity contribution < 1.29 is 19.6 Å². The Bertz CT molecular complexity index is 671. The van der Waals surface area contributed by atoms with Crippen LogP contribution in [0.25, 0.3) is 0 Å². The van der Waals surface area contributed by atoms with Gasteiger partial charge < -0.3 is 14.8 Å². The van der Waals surface area contributed by atoms with E-state index in [1.165, 1.54) is 0 Å². The summed E-state index contributed by atoms with van der Waals surface area (Å²) in [6, 6.07) is 19.2. The fourth-order valence-electron chi connectivity index (χ4n) is 3.32. The first-order chi connectivity index (χ1) is 12.1. The highest BCUT2D eigenvalue weighted by Gasteiger charge is 2.27. The average molecular weight is 338 g/mol. The third-order valence-electron chi connectivity index (χ3n) is 4.71. The number of hydrogen-bond donors (Lipinski definition) is 1. The highest BCUT2D eigenvalue weighted by atomic mass is 16.4. The normalized spacial score (nSPS) is 20.0. The fraction of sp³-hybridized carbons (Fsp3) is 0.300. The van der Waals surface area contributed by atoms with Crippen molar-refractivity contribution in [1.82, 2.24) is 0 Å². The Balaban J connectivity index is 1.74. The summed E-state index contributed by atoms with van der Waals surface area (Å²) in [5.41, 5.74) is 1.67. The quantitative estimate of drug-likeness (QED) is 0.858. The monoisotopic (exact) mass is 338 g/mol. The van der Waals surface area contributed by atoms with Gasteiger partial charge in [-0.1, -0.05) is 36.4 Å². The average Bonchev–Trinajstić information content (AvgIpc) is 2.64. The van der Waals surface area contributed by atoms with Gasteiger partial charge in [0.2, 0.25) is 0 Å². The Morgan fingerprint density at radius 1 is 0.920 bits per heavy atom. The minimum atomic E-state index is -0.972. The zero-order chi connectivity index (χ0) is 17.6. The van der Waals surface area contributed by atoms with Gasteiger partial charge in [-0.15, -0.1) is 0 Å². The van der Waals surface area contributed by atoms with E-state index in [0.29, 0.717) is 32.5 Å². The fourth-order valence-corrected chi connectivity index (χ4v) is 3.32. The van der Waals surface area contributed by atoms with E-state index in [0.717, 1.165) is 16.3 Å². The van der Waals surface area contributed by atoms with Crippen LogP contribution in [0.3, 0.4) is 0 Å². The van der Waals surface area contributed by atoms with Crippen LogP contribution in [0.5, 0.6) is 0 Å². The first kappa shape index (κ1) is 17.2. The molecule has 130 valence electrons. The van der Waals surface area contributed by atoms with Gasteiger partial charge in [-0.05, 0) is 24.3 Å². The lowest BCUT2D eigenvalue weighted by atomic mass is 9.97. The van der Waals surface area contributed by atoms with Gasteiger partial charge in [0.05, 0.1) is 13.1 Å². The van der Waals surface area contributed by atoms with Crippen molar-refractivity contribution in [3.05, 3.63) is 60.7 Å². The molecule has 0 atom stereocenters. The van der Waals surface area contributed by atoms with Gasteiger partial charge in [0.15, 0.2) is 6.54 Å². The number of carboxylic acids is 1. The first-order valence-corrected chi connectivity index (χ1v) is 8.62. The Hall–Kier alpha value is -2.66. The molecule has 1 saturated heterocycles. The molecule has 1 fully saturated rings. The molecule has 0 saturated carbocycles. The molecule has 0 bridgehead atoms. The van der Waals surface area contributed by atoms with Crippen molar-refractivity contribution in [3.63, 3.8) is 0 Å². The van der Waals surface area contributed by atoms with Gasteiger partial charge in [0.25, 0.3) is 5.91 Å². The van der Waals surface area contributed by atoms with Gasteiger partial charge in [-0.25, -0.2) is 0 Å². The highest BCUT2D eigenvalue weighted by Crippen LogP contribution is 2.24. The van der Waals surface area contributed by atoms with Crippen LogP contribution in [-0.2, 0) is 9.59 Å². The smallest absolute Gasteiger partial charge is 0.286 e. The number of carboxylic acid groups (broad SMARTS) is 1. The molecule has 1 aliphatic rings. The predicted octanol–water partition coefficient (Wildman–Crippen LogP) is 0.396. The largest absolute Gasteiger partial charge is 0.550 e. The molecule has 0 spiro atoms. The van der Waals surface area contributed by atoms with Gasteiger partial charge in [-0.2, -0.15) is 0 Å². The molecule has 3 rings (SSSR count). The molecular formula is C20H22N2O3. The van der Waals surface area contributed by atoms with Crippen LogP contribution >= 0.6 is 0 Å². The van der Waals surface area contributed by atoms with E-state index in [1.54, 1.807) is 4.90 Å². The number of nitrogens with zero attached hydrogens (tertiary/aromatic N) is 1. The van der Waals surface area contributed by atoms with Crippen LogP contribution in [0, 0.1) is 5.92 Å². The second-order valence-electron chi connectivity index (χ2n) is 6.42. The number of para-hydroxylation sites is 2. The number of piperidine rings is 1. The minimum absolute atomic E-state index is 0.0132. The van der Waals surface area contributed by atoms with E-state index in [-0.39, 0.29) is 11.8 Å². The van der Waals surface area contributed by atoms with E-state index in [9.17, 15) is 14.7 Å². The van der Waals surface area contributed by atoms with Gasteiger partial charge in [0, 0.05) is 36.1 Å². The number of carbonyl (C=O) groups excluding carboxylic acids is 2. The molecule has 2 aromatic carbocycles. The lowest BCUT2D eigenvalue weighted by Gasteiger charge is -2.31. The third kappa shape index (κ3) is 4.25. The number of aliphatic carboxylic acids is 1. The van der Waals surface area contributed by atoms with E-state index < -0.39 is 5.97 Å². The van der Waals surface area contributed by atoms with Crippen LogP contribution in [0.4, 0.5) is 11.4 Å². The van der Waals surface area contributed by atoms with E-state index in [2.05, 4.69) is 0 Å².